The molecule has 0 aromatic rings. The molecule has 8 rings (SSSR count). The lowest BCUT2D eigenvalue weighted by Crippen LogP contribution is -2.65. The minimum Gasteiger partial charge on any atom is -0.461 e. The van der Waals surface area contributed by atoms with Crippen LogP contribution in [0.3, 0.4) is 0 Å². The van der Waals surface area contributed by atoms with Crippen molar-refractivity contribution in [3.8, 4) is 0 Å². The third-order valence-electron chi connectivity index (χ3n) is 19.2. The largest absolute Gasteiger partial charge is 0.461 e. The lowest BCUT2D eigenvalue weighted by Gasteiger charge is -2.63. The summed E-state index contributed by atoms with van der Waals surface area (Å²) in [6, 6.07) is -0.634. The van der Waals surface area contributed by atoms with E-state index in [1.54, 1.807) is 6.92 Å². The Balaban J connectivity index is 0.944. The summed E-state index contributed by atoms with van der Waals surface area (Å²) in [6.07, 6.45) is 0.478. The zero-order chi connectivity index (χ0) is 45.8. The van der Waals surface area contributed by atoms with Gasteiger partial charge in [0.15, 0.2) is 12.6 Å². The van der Waals surface area contributed by atoms with Gasteiger partial charge in [-0.25, -0.2) is 4.79 Å². The predicted octanol–water partition coefficient (Wildman–Crippen LogP) is 2.64. The number of nitrogens with one attached hydrogen (secondary N) is 1. The Morgan fingerprint density at radius 2 is 1.43 bits per heavy atom. The van der Waals surface area contributed by atoms with Gasteiger partial charge in [-0.15, -0.1) is 0 Å². The number of hydrogen-bond acceptors (Lipinski definition) is 14. The lowest BCUT2D eigenvalue weighted by molar-refractivity contribution is -0.377. The molecule has 5 saturated carbocycles. The van der Waals surface area contributed by atoms with Crippen molar-refractivity contribution < 1.29 is 69.0 Å². The Hall–Kier alpha value is -2.02. The first kappa shape index (κ1) is 47.5. The summed E-state index contributed by atoms with van der Waals surface area (Å²) < 4.78 is 29.8. The molecule has 356 valence electrons. The van der Waals surface area contributed by atoms with Crippen molar-refractivity contribution in [3.63, 3.8) is 0 Å². The molecule has 15 nitrogen and oxygen atoms in total. The van der Waals surface area contributed by atoms with Crippen molar-refractivity contribution in [2.45, 2.75) is 193 Å². The third kappa shape index (κ3) is 7.32. The first-order valence-electron chi connectivity index (χ1n) is 23.7. The van der Waals surface area contributed by atoms with Crippen LogP contribution in [0.15, 0.2) is 23.8 Å². The molecule has 3 unspecified atom stereocenters. The Morgan fingerprint density at radius 1 is 0.794 bits per heavy atom. The van der Waals surface area contributed by atoms with Gasteiger partial charge in [-0.05, 0) is 122 Å². The van der Waals surface area contributed by atoms with E-state index in [2.05, 4.69) is 46.0 Å². The standard InChI is InChI=1S/C48H75NO14/c1-23(10-9-11-24(2)40(57)49-33-25(3)26(4)59-41(33)58)27-14-16-46(8)31-13-12-30-44(5,6)32(15-17-47(30)22-48(31,47)19-18-45(27,46)7)62-43-39(37(55)35(53)29(21-51)61-43)63-42-38(56)36(54)34(52)28(20-50)60-42/h9-11,23,25-39,42-43,50-56H,12-22H2,1-8H3,(H,49,57)/b10-9+,24-11+/t23-,25?,26?,27-,28-,29-,30+,31+,32+,33?,34-,35-,36+,37+,38-,39-,42+,43+,45-,46+,47-,48+/m1/s1. The molecule has 0 radical (unpaired) electrons. The summed E-state index contributed by atoms with van der Waals surface area (Å²) in [6.45, 7) is 16.3. The number of fused-ring (bicyclic) bond motifs is 2. The first-order valence-corrected chi connectivity index (χ1v) is 23.7. The van der Waals surface area contributed by atoms with Gasteiger partial charge in [0.1, 0.15) is 61.0 Å². The zero-order valence-electron chi connectivity index (χ0n) is 38.4. The van der Waals surface area contributed by atoms with Crippen LogP contribution in [0.1, 0.15) is 113 Å². The van der Waals surface area contributed by atoms with Crippen molar-refractivity contribution in [1.29, 1.82) is 0 Å². The van der Waals surface area contributed by atoms with Crippen molar-refractivity contribution in [2.75, 3.05) is 13.2 Å². The molecule has 8 N–H and O–H groups in total. The average molecular weight is 890 g/mol. The second kappa shape index (κ2) is 16.9. The van der Waals surface area contributed by atoms with Crippen LogP contribution in [-0.2, 0) is 33.3 Å². The smallest absolute Gasteiger partial charge is 0.329 e. The van der Waals surface area contributed by atoms with E-state index in [1.807, 2.05) is 26.0 Å². The maximum atomic E-state index is 13.0. The highest BCUT2D eigenvalue weighted by Gasteiger charge is 2.82. The van der Waals surface area contributed by atoms with Gasteiger partial charge >= 0.3 is 5.97 Å². The summed E-state index contributed by atoms with van der Waals surface area (Å²) in [5.74, 6) is 1.07. The summed E-state index contributed by atoms with van der Waals surface area (Å²) >= 11 is 0. The number of carbonyl (C=O) groups excluding carboxylic acids is 2. The summed E-state index contributed by atoms with van der Waals surface area (Å²) in [5, 5.41) is 76.5. The van der Waals surface area contributed by atoms with Crippen LogP contribution in [0.4, 0.5) is 0 Å². The lowest BCUT2D eigenvalue weighted by atomic mass is 9.42. The molecule has 0 bridgehead atoms. The molecule has 15 heteroatoms. The fraction of sp³-hybridized carbons (Fsp3) is 0.875. The van der Waals surface area contributed by atoms with E-state index < -0.39 is 80.7 Å². The Kier molecular flexibility index (Phi) is 12.8. The number of ether oxygens (including phenoxy) is 5. The van der Waals surface area contributed by atoms with E-state index >= 15 is 0 Å². The van der Waals surface area contributed by atoms with Crippen LogP contribution in [-0.4, -0.2) is 140 Å². The molecule has 5 aliphatic carbocycles. The van der Waals surface area contributed by atoms with Crippen molar-refractivity contribution in [2.24, 2.45) is 56.7 Å². The van der Waals surface area contributed by atoms with E-state index in [4.69, 9.17) is 23.7 Å². The van der Waals surface area contributed by atoms with E-state index in [9.17, 15) is 45.3 Å². The highest BCUT2D eigenvalue weighted by molar-refractivity contribution is 5.96. The normalized spacial score (nSPS) is 52.0. The van der Waals surface area contributed by atoms with Gasteiger partial charge in [-0.2, -0.15) is 0 Å². The minimum absolute atomic E-state index is 0.0880. The molecule has 63 heavy (non-hydrogen) atoms. The van der Waals surface area contributed by atoms with Crippen LogP contribution in [0.25, 0.3) is 0 Å². The van der Waals surface area contributed by atoms with E-state index in [0.717, 1.165) is 32.1 Å². The number of carbonyl (C=O) groups is 2. The molecule has 3 heterocycles. The molecule has 0 aromatic carbocycles. The van der Waals surface area contributed by atoms with Gasteiger partial charge in [0.2, 0.25) is 5.91 Å². The van der Waals surface area contributed by atoms with Crippen LogP contribution < -0.4 is 5.32 Å². The second-order valence-corrected chi connectivity index (χ2v) is 22.2. The topological polar surface area (TPSA) is 234 Å². The highest BCUT2D eigenvalue weighted by Crippen LogP contribution is 2.89. The second-order valence-electron chi connectivity index (χ2n) is 22.2. The van der Waals surface area contributed by atoms with Crippen molar-refractivity contribution in [3.05, 3.63) is 23.8 Å². The quantitative estimate of drug-likeness (QED) is 0.0646. The summed E-state index contributed by atoms with van der Waals surface area (Å²) in [7, 11) is 0. The average Bonchev–Trinajstić information content (AvgIpc) is 3.74. The third-order valence-corrected chi connectivity index (χ3v) is 19.2. The Morgan fingerprint density at radius 3 is 2.08 bits per heavy atom. The van der Waals surface area contributed by atoms with Gasteiger partial charge in [0.25, 0.3) is 0 Å². The molecule has 3 saturated heterocycles. The highest BCUT2D eigenvalue weighted by atomic mass is 16.8. The van der Waals surface area contributed by atoms with Crippen LogP contribution >= 0.6 is 0 Å². The molecule has 8 aliphatic rings. The fourth-order valence-electron chi connectivity index (χ4n) is 15.1. The summed E-state index contributed by atoms with van der Waals surface area (Å²) in [5.41, 5.74) is 1.02. The number of aliphatic hydroxyl groups excluding tert-OH is 7. The number of aliphatic hydroxyl groups is 7. The molecular formula is C48H75NO14. The molecule has 8 fully saturated rings. The Labute approximate surface area is 371 Å². The van der Waals surface area contributed by atoms with E-state index in [-0.39, 0.29) is 57.1 Å². The zero-order valence-corrected chi connectivity index (χ0v) is 38.4. The van der Waals surface area contributed by atoms with Gasteiger partial charge in [-0.1, -0.05) is 59.8 Å². The van der Waals surface area contributed by atoms with E-state index in [1.165, 1.54) is 25.7 Å². The fourth-order valence-corrected chi connectivity index (χ4v) is 15.1. The van der Waals surface area contributed by atoms with Crippen LogP contribution in [0, 0.1) is 56.7 Å². The number of rotatable bonds is 11. The minimum atomic E-state index is -1.74. The van der Waals surface area contributed by atoms with Crippen molar-refractivity contribution in [1.82, 2.24) is 5.32 Å². The molecular weight excluding hydrogens is 815 g/mol. The van der Waals surface area contributed by atoms with Gasteiger partial charge in [0, 0.05) is 11.5 Å². The number of amides is 1. The first-order chi connectivity index (χ1) is 29.6. The summed E-state index contributed by atoms with van der Waals surface area (Å²) in [4.78, 5) is 25.3. The molecule has 1 amide bonds. The monoisotopic (exact) mass is 890 g/mol. The van der Waals surface area contributed by atoms with Crippen LogP contribution in [0.2, 0.25) is 0 Å². The molecule has 2 spiro atoms. The van der Waals surface area contributed by atoms with Gasteiger partial charge < -0.3 is 64.7 Å². The maximum Gasteiger partial charge on any atom is 0.329 e. The SMILES string of the molecule is C/C(=C\C=C\[C@@H](C)[C@H]1CC[C@@]2(C)[C@@H]3CC[C@H]4C(C)(C)[C@@H](O[C@@H]5O[C@H](CO)[C@@H](O)[C@H](O)[C@H]5O[C@@H]5O[C@H](CO)[C@@H](O)[C@H](O)[C@H]5O)CC[C@@]45C[C@@]35CC[C@]12C)C(=O)NC1C(=O)OC(C)C1C. The molecule has 3 aliphatic heterocycles. The molecule has 0 aromatic heterocycles. The van der Waals surface area contributed by atoms with E-state index in [0.29, 0.717) is 29.2 Å². The maximum absolute atomic E-state index is 13.0. The number of hydrogen-bond donors (Lipinski definition) is 8. The number of cyclic esters (lactones) is 1. The molecule has 22 atom stereocenters. The van der Waals surface area contributed by atoms with Crippen molar-refractivity contribution >= 4 is 11.9 Å². The van der Waals surface area contributed by atoms with Gasteiger partial charge in [-0.3, -0.25) is 4.79 Å². The number of allylic oxidation sites excluding steroid dienone is 3. The Bertz CT molecular complexity index is 1790. The van der Waals surface area contributed by atoms with Crippen LogP contribution in [0.5, 0.6) is 0 Å². The predicted molar refractivity (Wildman–Crippen MR) is 227 cm³/mol. The van der Waals surface area contributed by atoms with Gasteiger partial charge in [0.05, 0.1) is 19.3 Å². The number of esters is 1.